The van der Waals surface area contributed by atoms with E-state index in [4.69, 9.17) is 28.9 Å². The molecule has 0 fully saturated rings. The highest BCUT2D eigenvalue weighted by molar-refractivity contribution is 7.84. The van der Waals surface area contributed by atoms with Crippen LogP contribution in [-0.4, -0.2) is 4.21 Å². The summed E-state index contributed by atoms with van der Waals surface area (Å²) < 4.78 is 25.4. The van der Waals surface area contributed by atoms with Crippen molar-refractivity contribution in [1.82, 2.24) is 0 Å². The summed E-state index contributed by atoms with van der Waals surface area (Å²) in [5.74, 6) is -0.333. The molecule has 0 aliphatic rings. The Kier molecular flexibility index (Phi) is 4.45. The van der Waals surface area contributed by atoms with Gasteiger partial charge in [0.05, 0.1) is 32.3 Å². The first kappa shape index (κ1) is 14.3. The van der Waals surface area contributed by atoms with Crippen LogP contribution in [0.3, 0.4) is 0 Å². The third-order valence-electron chi connectivity index (χ3n) is 2.52. The van der Waals surface area contributed by atoms with Gasteiger partial charge in [0, 0.05) is 4.90 Å². The van der Waals surface area contributed by atoms with E-state index < -0.39 is 16.6 Å². The number of nitrogen functional groups attached to an aromatic ring is 1. The summed E-state index contributed by atoms with van der Waals surface area (Å²) in [5.41, 5.74) is 6.62. The van der Waals surface area contributed by atoms with Gasteiger partial charge < -0.3 is 5.73 Å². The SMILES string of the molecule is Nc1ccc(S(=O)Cc2ccc(Cl)c(F)c2)cc1Cl. The monoisotopic (exact) mass is 317 g/mol. The molecule has 19 heavy (non-hydrogen) atoms. The van der Waals surface area contributed by atoms with Gasteiger partial charge >= 0.3 is 0 Å². The lowest BCUT2D eigenvalue weighted by molar-refractivity contribution is 0.626. The maximum Gasteiger partial charge on any atom is 0.142 e. The fourth-order valence-corrected chi connectivity index (χ4v) is 2.99. The Morgan fingerprint density at radius 1 is 1.11 bits per heavy atom. The van der Waals surface area contributed by atoms with Crippen molar-refractivity contribution in [2.24, 2.45) is 0 Å². The highest BCUT2D eigenvalue weighted by Gasteiger charge is 2.09. The van der Waals surface area contributed by atoms with E-state index in [9.17, 15) is 8.60 Å². The van der Waals surface area contributed by atoms with Gasteiger partial charge in [-0.25, -0.2) is 4.39 Å². The molecule has 0 aromatic heterocycles. The first-order valence-electron chi connectivity index (χ1n) is 5.34. The van der Waals surface area contributed by atoms with Crippen molar-refractivity contribution >= 4 is 39.7 Å². The first-order chi connectivity index (χ1) is 8.97. The molecule has 2 rings (SSSR count). The highest BCUT2D eigenvalue weighted by Crippen LogP contribution is 2.23. The van der Waals surface area contributed by atoms with Crippen molar-refractivity contribution in [3.8, 4) is 0 Å². The number of nitrogens with two attached hydrogens (primary N) is 1. The molecule has 1 unspecified atom stereocenters. The first-order valence-corrected chi connectivity index (χ1v) is 7.42. The maximum absolute atomic E-state index is 13.3. The number of benzene rings is 2. The van der Waals surface area contributed by atoms with E-state index in [1.54, 1.807) is 24.3 Å². The van der Waals surface area contributed by atoms with E-state index in [0.29, 0.717) is 21.2 Å². The fraction of sp³-hybridized carbons (Fsp3) is 0.0769. The van der Waals surface area contributed by atoms with E-state index in [-0.39, 0.29) is 10.8 Å². The maximum atomic E-state index is 13.3. The second-order valence-electron chi connectivity index (χ2n) is 3.92. The van der Waals surface area contributed by atoms with Gasteiger partial charge in [-0.05, 0) is 35.9 Å². The van der Waals surface area contributed by atoms with Crippen LogP contribution in [0.1, 0.15) is 5.56 Å². The summed E-state index contributed by atoms with van der Waals surface area (Å²) >= 11 is 11.5. The number of anilines is 1. The highest BCUT2D eigenvalue weighted by atomic mass is 35.5. The Morgan fingerprint density at radius 3 is 2.47 bits per heavy atom. The van der Waals surface area contributed by atoms with Crippen molar-refractivity contribution in [2.75, 3.05) is 5.73 Å². The normalized spacial score (nSPS) is 12.4. The van der Waals surface area contributed by atoms with Gasteiger partial charge in [0.2, 0.25) is 0 Å². The lowest BCUT2D eigenvalue weighted by Crippen LogP contribution is -1.98. The summed E-state index contributed by atoms with van der Waals surface area (Å²) in [6.07, 6.45) is 0. The molecule has 0 saturated heterocycles. The van der Waals surface area contributed by atoms with Crippen LogP contribution in [0.15, 0.2) is 41.3 Å². The Balaban J connectivity index is 2.20. The van der Waals surface area contributed by atoms with E-state index in [2.05, 4.69) is 0 Å². The molecule has 0 saturated carbocycles. The largest absolute Gasteiger partial charge is 0.398 e. The van der Waals surface area contributed by atoms with E-state index in [1.807, 2.05) is 0 Å². The summed E-state index contributed by atoms with van der Waals surface area (Å²) in [6, 6.07) is 9.15. The van der Waals surface area contributed by atoms with Crippen molar-refractivity contribution in [2.45, 2.75) is 10.6 Å². The van der Waals surface area contributed by atoms with Crippen LogP contribution < -0.4 is 5.73 Å². The Morgan fingerprint density at radius 2 is 1.84 bits per heavy atom. The van der Waals surface area contributed by atoms with E-state index in [1.165, 1.54) is 12.1 Å². The molecule has 2 nitrogen and oxygen atoms in total. The van der Waals surface area contributed by atoms with Gasteiger partial charge in [0.15, 0.2) is 0 Å². The van der Waals surface area contributed by atoms with Crippen LogP contribution in [0.5, 0.6) is 0 Å². The second kappa shape index (κ2) is 5.90. The molecule has 0 spiro atoms. The van der Waals surface area contributed by atoms with Crippen molar-refractivity contribution < 1.29 is 8.60 Å². The topological polar surface area (TPSA) is 43.1 Å². The van der Waals surface area contributed by atoms with Gasteiger partial charge in [0.25, 0.3) is 0 Å². The van der Waals surface area contributed by atoms with Crippen molar-refractivity contribution in [3.63, 3.8) is 0 Å². The zero-order valence-electron chi connectivity index (χ0n) is 9.70. The molecule has 0 aliphatic carbocycles. The molecule has 100 valence electrons. The molecule has 2 N–H and O–H groups in total. The summed E-state index contributed by atoms with van der Waals surface area (Å²) in [6.45, 7) is 0. The average molecular weight is 318 g/mol. The number of hydrogen-bond donors (Lipinski definition) is 1. The molecule has 6 heteroatoms. The standard InChI is InChI=1S/C13H10Cl2FNOS/c14-10-3-1-8(5-12(10)16)7-19(18)9-2-4-13(17)11(15)6-9/h1-6H,7,17H2. The summed E-state index contributed by atoms with van der Waals surface area (Å²) in [5, 5.41) is 0.401. The summed E-state index contributed by atoms with van der Waals surface area (Å²) in [7, 11) is -1.32. The molecular formula is C13H10Cl2FNOS. The minimum atomic E-state index is -1.32. The van der Waals surface area contributed by atoms with Gasteiger partial charge in [-0.2, -0.15) is 0 Å². The third-order valence-corrected chi connectivity index (χ3v) is 4.53. The molecule has 0 bridgehead atoms. The number of rotatable bonds is 3. The van der Waals surface area contributed by atoms with Crippen LogP contribution in [0.2, 0.25) is 10.0 Å². The Bertz CT molecular complexity index is 649. The van der Waals surface area contributed by atoms with Crippen LogP contribution in [0.25, 0.3) is 0 Å². The second-order valence-corrected chi connectivity index (χ2v) is 6.19. The molecule has 0 radical (unpaired) electrons. The van der Waals surface area contributed by atoms with Crippen LogP contribution in [-0.2, 0) is 16.6 Å². The van der Waals surface area contributed by atoms with E-state index >= 15 is 0 Å². The van der Waals surface area contributed by atoms with Gasteiger partial charge in [-0.1, -0.05) is 29.3 Å². The minimum Gasteiger partial charge on any atom is -0.398 e. The lowest BCUT2D eigenvalue weighted by atomic mass is 10.2. The van der Waals surface area contributed by atoms with Crippen LogP contribution >= 0.6 is 23.2 Å². The summed E-state index contributed by atoms with van der Waals surface area (Å²) in [4.78, 5) is 0.551. The lowest BCUT2D eigenvalue weighted by Gasteiger charge is -2.05. The zero-order chi connectivity index (χ0) is 14.0. The van der Waals surface area contributed by atoms with E-state index in [0.717, 1.165) is 0 Å². The molecule has 2 aromatic carbocycles. The molecule has 0 aliphatic heterocycles. The van der Waals surface area contributed by atoms with Gasteiger partial charge in [0.1, 0.15) is 5.82 Å². The fourth-order valence-electron chi connectivity index (χ4n) is 1.51. The van der Waals surface area contributed by atoms with Crippen LogP contribution in [0.4, 0.5) is 10.1 Å². The molecule has 0 heterocycles. The Labute approximate surface area is 122 Å². The van der Waals surface area contributed by atoms with Crippen LogP contribution in [0, 0.1) is 5.82 Å². The van der Waals surface area contributed by atoms with Crippen molar-refractivity contribution in [1.29, 1.82) is 0 Å². The molecule has 1 atom stereocenters. The molecule has 0 amide bonds. The quantitative estimate of drug-likeness (QED) is 0.869. The predicted molar refractivity (Wildman–Crippen MR) is 77.4 cm³/mol. The zero-order valence-corrected chi connectivity index (χ0v) is 12.0. The smallest absolute Gasteiger partial charge is 0.142 e. The molecule has 2 aromatic rings. The minimum absolute atomic E-state index is 0.0464. The number of halogens is 3. The Hall–Kier alpha value is -1.10. The van der Waals surface area contributed by atoms with Gasteiger partial charge in [-0.15, -0.1) is 0 Å². The average Bonchev–Trinajstić information content (AvgIpc) is 2.37. The molecular weight excluding hydrogens is 308 g/mol. The number of hydrogen-bond acceptors (Lipinski definition) is 2. The third kappa shape index (κ3) is 3.47. The van der Waals surface area contributed by atoms with Crippen molar-refractivity contribution in [3.05, 3.63) is 57.8 Å². The predicted octanol–water partition coefficient (Wildman–Crippen LogP) is 4.02. The van der Waals surface area contributed by atoms with Gasteiger partial charge in [-0.3, -0.25) is 4.21 Å².